The van der Waals surface area contributed by atoms with E-state index < -0.39 is 70.4 Å². The Morgan fingerprint density at radius 1 is 1.25 bits per heavy atom. The van der Waals surface area contributed by atoms with Crippen molar-refractivity contribution in [3.05, 3.63) is 11.6 Å². The zero-order valence-corrected chi connectivity index (χ0v) is 33.3. The number of ether oxygens (including phenoxy) is 2. The van der Waals surface area contributed by atoms with E-state index >= 15 is 0 Å². The van der Waals surface area contributed by atoms with E-state index in [1.54, 1.807) is 6.92 Å². The van der Waals surface area contributed by atoms with Crippen LogP contribution < -0.4 is 0 Å². The second-order valence-corrected chi connectivity index (χ2v) is 12.6. The van der Waals surface area contributed by atoms with E-state index in [0.717, 1.165) is 5.57 Å². The maximum Gasteiger partial charge on any atom is 0.302 e. The van der Waals surface area contributed by atoms with E-state index in [4.69, 9.17) is 21.7 Å². The van der Waals surface area contributed by atoms with E-state index in [2.05, 4.69) is 0 Å². The molecule has 0 aromatic heterocycles. The molecule has 1 aliphatic heterocycles. The van der Waals surface area contributed by atoms with Gasteiger partial charge in [0.25, 0.3) is 0 Å². The summed E-state index contributed by atoms with van der Waals surface area (Å²) in [6.45, 7) is 10.3. The molecule has 1 saturated heterocycles. The van der Waals surface area contributed by atoms with Crippen molar-refractivity contribution in [2.45, 2.75) is 84.4 Å². The molecule has 9 atom stereocenters. The second kappa shape index (κ2) is 13.3. The van der Waals surface area contributed by atoms with Crippen LogP contribution >= 0.6 is 24.0 Å². The summed E-state index contributed by atoms with van der Waals surface area (Å²) in [7, 11) is 0. The molecule has 36 heavy (non-hydrogen) atoms. The summed E-state index contributed by atoms with van der Waals surface area (Å²) in [6, 6.07) is 0. The topological polar surface area (TPSA) is 113 Å². The van der Waals surface area contributed by atoms with Crippen LogP contribution in [0, 0.1) is 117 Å². The quantitative estimate of drug-likeness (QED) is 0.211. The monoisotopic (exact) mass is 968 g/mol. The molecule has 7 nitrogen and oxygen atoms in total. The average Bonchev–Trinajstić information content (AvgIpc) is 2.72. The standard InChI is InChI=1S/C25H38O7S2.2Ac/c1-12-10-23(4,5)15(8-17(12)28)19(32-14(3)27)20-24(6,21(29)13(2)26)16(22(33)34-7)9-18-25(20,30)11-31-18;;/h10,13,15-20,26,28,30H,8-9,11H2,1-7H3;;/t13-,15?,16-,17+,18-,19-,20+,24-,25+;;/m1../s1. The zero-order chi connectivity index (χ0) is 25.8. The number of hydrogen-bond donors (Lipinski definition) is 3. The Hall–Kier alpha value is 2.04. The Kier molecular flexibility index (Phi) is 13.4. The van der Waals surface area contributed by atoms with Gasteiger partial charge in [0.05, 0.1) is 23.0 Å². The van der Waals surface area contributed by atoms with Crippen LogP contribution in [0.15, 0.2) is 11.6 Å². The summed E-state index contributed by atoms with van der Waals surface area (Å²) in [5, 5.41) is 33.2. The van der Waals surface area contributed by atoms with Gasteiger partial charge in [0.1, 0.15) is 17.8 Å². The van der Waals surface area contributed by atoms with Crippen molar-refractivity contribution < 1.29 is 123 Å². The Labute approximate surface area is 295 Å². The van der Waals surface area contributed by atoms with Gasteiger partial charge in [-0.05, 0) is 43.9 Å². The molecular formula is C25H38Ac2O7S2. The molecule has 2 fully saturated rings. The smallest absolute Gasteiger partial charge is 0.302 e. The molecule has 1 unspecified atom stereocenters. The first-order chi connectivity index (χ1) is 15.6. The number of carbonyl (C=O) groups excluding carboxylic acids is 2. The predicted molar refractivity (Wildman–Crippen MR) is 134 cm³/mol. The van der Waals surface area contributed by atoms with Crippen LogP contribution in [0.4, 0.5) is 0 Å². The Morgan fingerprint density at radius 2 is 1.83 bits per heavy atom. The molecule has 0 spiro atoms. The fraction of sp³-hybridized carbons (Fsp3) is 0.800. The van der Waals surface area contributed by atoms with E-state index in [1.165, 1.54) is 25.6 Å². The third kappa shape index (κ3) is 6.42. The molecule has 0 bridgehead atoms. The van der Waals surface area contributed by atoms with Gasteiger partial charge >= 0.3 is 5.97 Å². The SMILES string of the molecule is CSC(=S)[C@H]1C[C@H]2OC[C@@]2(O)[C@@H]([C@H](OC(C)=O)C2C[C@H](O)C(C)=CC2(C)C)[C@]1(C)C(=O)[C@@H](C)O.[Ac].[Ac]. The molecule has 11 heteroatoms. The molecule has 198 valence electrons. The number of hydrogen-bond acceptors (Lipinski definition) is 9. The van der Waals surface area contributed by atoms with E-state index in [-0.39, 0.29) is 94.7 Å². The molecule has 2 radical (unpaired) electrons. The molecule has 3 rings (SSSR count). The number of allylic oxidation sites excluding steroid dienone is 1. The number of ketones is 1. The number of aliphatic hydroxyl groups excluding tert-OH is 2. The number of rotatable bonds is 6. The maximum atomic E-state index is 13.8. The van der Waals surface area contributed by atoms with Crippen molar-refractivity contribution in [1.82, 2.24) is 0 Å². The van der Waals surface area contributed by atoms with Gasteiger partial charge in [-0.2, -0.15) is 0 Å². The van der Waals surface area contributed by atoms with Crippen molar-refractivity contribution in [3.8, 4) is 0 Å². The van der Waals surface area contributed by atoms with Gasteiger partial charge in [-0.1, -0.05) is 39.1 Å². The molecule has 0 amide bonds. The fourth-order valence-corrected chi connectivity index (χ4v) is 7.63. The third-order valence-electron chi connectivity index (χ3n) is 8.41. The third-order valence-corrected chi connectivity index (χ3v) is 9.88. The molecule has 1 heterocycles. The molecule has 0 aromatic carbocycles. The minimum Gasteiger partial charge on any atom is -0.462 e. The number of thiocarbonyl (C=S) groups is 1. The van der Waals surface area contributed by atoms with Gasteiger partial charge in [0.2, 0.25) is 0 Å². The van der Waals surface area contributed by atoms with E-state index in [1.807, 2.05) is 33.1 Å². The summed E-state index contributed by atoms with van der Waals surface area (Å²) in [6.07, 6.45) is 0.937. The van der Waals surface area contributed by atoms with Crippen LogP contribution in [-0.4, -0.2) is 74.1 Å². The van der Waals surface area contributed by atoms with Crippen molar-refractivity contribution in [3.63, 3.8) is 0 Å². The van der Waals surface area contributed by atoms with Gasteiger partial charge in [0.15, 0.2) is 5.78 Å². The molecular weight excluding hydrogens is 930 g/mol. The summed E-state index contributed by atoms with van der Waals surface area (Å²) in [4.78, 5) is 26.2. The molecule has 3 aliphatic rings. The van der Waals surface area contributed by atoms with Gasteiger partial charge in [0, 0.05) is 118 Å². The molecule has 0 aromatic rings. The number of esters is 1. The van der Waals surface area contributed by atoms with Gasteiger partial charge < -0.3 is 24.8 Å². The Bertz CT molecular complexity index is 896. The largest absolute Gasteiger partial charge is 0.462 e. The van der Waals surface area contributed by atoms with Gasteiger partial charge in [-0.3, -0.25) is 9.59 Å². The van der Waals surface area contributed by atoms with Gasteiger partial charge in [-0.25, -0.2) is 0 Å². The summed E-state index contributed by atoms with van der Waals surface area (Å²) < 4.78 is 12.3. The Morgan fingerprint density at radius 3 is 2.28 bits per heavy atom. The van der Waals surface area contributed by atoms with Crippen molar-refractivity contribution >= 4 is 39.9 Å². The second-order valence-electron chi connectivity index (χ2n) is 11.0. The van der Waals surface area contributed by atoms with E-state index in [0.29, 0.717) is 17.0 Å². The fourth-order valence-electron chi connectivity index (χ4n) is 6.66. The molecule has 2 aliphatic carbocycles. The molecule has 3 N–H and O–H groups in total. The zero-order valence-electron chi connectivity index (χ0n) is 22.2. The first kappa shape index (κ1) is 36.1. The van der Waals surface area contributed by atoms with Crippen LogP contribution in [0.25, 0.3) is 0 Å². The first-order valence-electron chi connectivity index (χ1n) is 11.8. The number of aliphatic hydroxyl groups is 3. The number of thioether (sulfide) groups is 1. The average molecular weight is 969 g/mol. The minimum atomic E-state index is -1.44. The Balaban J connectivity index is 0.00000324. The number of carbonyl (C=O) groups is 2. The summed E-state index contributed by atoms with van der Waals surface area (Å²) in [5.41, 5.74) is -2.43. The predicted octanol–water partition coefficient (Wildman–Crippen LogP) is 2.68. The number of Topliss-reactive ketones (excluding diaryl/α,β-unsaturated/α-hetero) is 1. The van der Waals surface area contributed by atoms with Crippen molar-refractivity contribution in [2.75, 3.05) is 12.9 Å². The van der Waals surface area contributed by atoms with Crippen LogP contribution in [-0.2, 0) is 19.1 Å². The van der Waals surface area contributed by atoms with Crippen molar-refractivity contribution in [1.29, 1.82) is 0 Å². The van der Waals surface area contributed by atoms with Crippen LogP contribution in [0.2, 0.25) is 0 Å². The first-order valence-corrected chi connectivity index (χ1v) is 13.4. The van der Waals surface area contributed by atoms with Crippen LogP contribution in [0.5, 0.6) is 0 Å². The maximum absolute atomic E-state index is 13.8. The minimum absolute atomic E-state index is 0. The number of fused-ring (bicyclic) bond motifs is 1. The van der Waals surface area contributed by atoms with Gasteiger partial charge in [-0.15, -0.1) is 11.8 Å². The van der Waals surface area contributed by atoms with Crippen molar-refractivity contribution in [2.24, 2.45) is 28.6 Å². The summed E-state index contributed by atoms with van der Waals surface area (Å²) in [5.74, 6) is -2.76. The molecule has 1 saturated carbocycles. The van der Waals surface area contributed by atoms with E-state index in [9.17, 15) is 24.9 Å². The van der Waals surface area contributed by atoms with Crippen LogP contribution in [0.1, 0.15) is 54.4 Å². The normalized spacial score (nSPS) is 38.5. The van der Waals surface area contributed by atoms with Crippen LogP contribution in [0.3, 0.4) is 0 Å². The summed E-state index contributed by atoms with van der Waals surface area (Å²) >= 11 is 7.04.